The molecule has 2 unspecified atom stereocenters. The zero-order valence-electron chi connectivity index (χ0n) is 11.8. The molecule has 0 aliphatic carbocycles. The molecule has 0 fully saturated rings. The highest BCUT2D eigenvalue weighted by Gasteiger charge is 2.26. The highest BCUT2D eigenvalue weighted by molar-refractivity contribution is 5.96. The average Bonchev–Trinajstić information content (AvgIpc) is 2.99. The number of aromatic amines is 1. The van der Waals surface area contributed by atoms with Gasteiger partial charge in [0, 0.05) is 0 Å². The lowest BCUT2D eigenvalue weighted by Gasteiger charge is -2.20. The van der Waals surface area contributed by atoms with Gasteiger partial charge in [0.1, 0.15) is 6.20 Å². The number of hydrogen-bond donors (Lipinski definition) is 3. The first-order chi connectivity index (χ1) is 10.8. The molecule has 0 radical (unpaired) electrons. The number of benzene rings is 1. The molecule has 2 aromatic rings. The molecule has 0 bridgehead atoms. The second kappa shape index (κ2) is 6.48. The normalized spacial score (nSPS) is 13.4. The summed E-state index contributed by atoms with van der Waals surface area (Å²) in [6, 6.07) is 1.91. The molecule has 0 saturated carbocycles. The van der Waals surface area contributed by atoms with Gasteiger partial charge in [-0.1, -0.05) is 6.07 Å². The van der Waals surface area contributed by atoms with Crippen LogP contribution in [0.15, 0.2) is 24.4 Å². The van der Waals surface area contributed by atoms with Crippen LogP contribution in [0, 0.1) is 21.7 Å². The number of H-pyrrole nitrogens is 1. The van der Waals surface area contributed by atoms with Crippen LogP contribution < -0.4 is 5.32 Å². The number of hydrogen-bond acceptors (Lipinski definition) is 5. The Morgan fingerprint density at radius 1 is 1.43 bits per heavy atom. The molecule has 0 aliphatic heterocycles. The molecule has 23 heavy (non-hydrogen) atoms. The van der Waals surface area contributed by atoms with Crippen molar-refractivity contribution in [3.05, 3.63) is 57.4 Å². The Labute approximate surface area is 128 Å². The van der Waals surface area contributed by atoms with Crippen molar-refractivity contribution in [1.29, 1.82) is 0 Å². The van der Waals surface area contributed by atoms with Crippen LogP contribution in [0.1, 0.15) is 29.1 Å². The van der Waals surface area contributed by atoms with Crippen molar-refractivity contribution in [2.24, 2.45) is 0 Å². The molecule has 1 heterocycles. The number of aliphatic hydroxyl groups excluding tert-OH is 1. The van der Waals surface area contributed by atoms with Gasteiger partial charge in [0.25, 0.3) is 5.91 Å². The van der Waals surface area contributed by atoms with E-state index in [1.54, 1.807) is 0 Å². The lowest BCUT2D eigenvalue weighted by Crippen LogP contribution is -2.37. The largest absolute Gasteiger partial charge is 0.386 e. The van der Waals surface area contributed by atoms with Crippen molar-refractivity contribution in [3.63, 3.8) is 0 Å². The fourth-order valence-corrected chi connectivity index (χ4v) is 1.93. The highest BCUT2D eigenvalue weighted by atomic mass is 19.2. The smallest absolute Gasteiger partial charge is 0.319 e. The summed E-state index contributed by atoms with van der Waals surface area (Å²) in [6.07, 6.45) is -0.457. The first kappa shape index (κ1) is 16.5. The quantitative estimate of drug-likeness (QED) is 0.567. The van der Waals surface area contributed by atoms with Crippen molar-refractivity contribution < 1.29 is 23.6 Å². The van der Waals surface area contributed by atoms with E-state index in [1.807, 2.05) is 0 Å². The molecule has 8 nitrogen and oxygen atoms in total. The number of rotatable bonds is 5. The maximum Gasteiger partial charge on any atom is 0.319 e. The van der Waals surface area contributed by atoms with Crippen LogP contribution in [-0.2, 0) is 0 Å². The third-order valence-corrected chi connectivity index (χ3v) is 3.16. The Hall–Kier alpha value is -2.88. The summed E-state index contributed by atoms with van der Waals surface area (Å²) in [5, 5.41) is 28.7. The topological polar surface area (TPSA) is 121 Å². The Bertz CT molecular complexity index is 749. The molecule has 122 valence electrons. The van der Waals surface area contributed by atoms with Crippen molar-refractivity contribution >= 4 is 11.6 Å². The average molecular weight is 326 g/mol. The third-order valence-electron chi connectivity index (χ3n) is 3.16. The molecule has 0 saturated heterocycles. The molecule has 10 heteroatoms. The van der Waals surface area contributed by atoms with Gasteiger partial charge in [-0.25, -0.2) is 8.78 Å². The van der Waals surface area contributed by atoms with E-state index >= 15 is 0 Å². The zero-order valence-corrected chi connectivity index (χ0v) is 11.8. The maximum atomic E-state index is 13.2. The Morgan fingerprint density at radius 2 is 2.13 bits per heavy atom. The molecule has 1 amide bonds. The van der Waals surface area contributed by atoms with E-state index in [2.05, 4.69) is 15.5 Å². The van der Waals surface area contributed by atoms with Crippen molar-refractivity contribution in [2.75, 3.05) is 0 Å². The zero-order chi connectivity index (χ0) is 17.1. The molecule has 2 atom stereocenters. The lowest BCUT2D eigenvalue weighted by molar-refractivity contribution is -0.385. The molecular formula is C13H12F2N4O4. The summed E-state index contributed by atoms with van der Waals surface area (Å²) in [5.41, 5.74) is -0.841. The molecule has 3 N–H and O–H groups in total. The van der Waals surface area contributed by atoms with Gasteiger partial charge in [0.2, 0.25) is 5.69 Å². The van der Waals surface area contributed by atoms with E-state index in [-0.39, 0.29) is 11.3 Å². The monoisotopic (exact) mass is 326 g/mol. The van der Waals surface area contributed by atoms with Crippen LogP contribution in [0.4, 0.5) is 14.5 Å². The number of carbonyl (C=O) groups is 1. The minimum atomic E-state index is -1.34. The maximum absolute atomic E-state index is 13.2. The second-order valence-corrected chi connectivity index (χ2v) is 4.77. The SMILES string of the molecule is CC(NC(=O)c1[nH]ncc1[N+](=O)[O-])C(O)c1ccc(F)c(F)c1. The summed E-state index contributed by atoms with van der Waals surface area (Å²) in [7, 11) is 0. The van der Waals surface area contributed by atoms with E-state index in [0.29, 0.717) is 0 Å². The summed E-state index contributed by atoms with van der Waals surface area (Å²) in [6.45, 7) is 1.41. The van der Waals surface area contributed by atoms with E-state index in [9.17, 15) is 28.8 Å². The summed E-state index contributed by atoms with van der Waals surface area (Å²) >= 11 is 0. The molecule has 1 aromatic heterocycles. The summed E-state index contributed by atoms with van der Waals surface area (Å²) in [5.74, 6) is -3.06. The van der Waals surface area contributed by atoms with E-state index in [4.69, 9.17) is 0 Å². The minimum absolute atomic E-state index is 0.0517. The third kappa shape index (κ3) is 3.48. The van der Waals surface area contributed by atoms with Crippen molar-refractivity contribution in [3.8, 4) is 0 Å². The van der Waals surface area contributed by atoms with Crippen molar-refractivity contribution in [2.45, 2.75) is 19.1 Å². The van der Waals surface area contributed by atoms with E-state index < -0.39 is 40.3 Å². The molecule has 0 aliphatic rings. The number of aliphatic hydroxyl groups is 1. The predicted octanol–water partition coefficient (Wildman–Crippen LogP) is 1.45. The minimum Gasteiger partial charge on any atom is -0.386 e. The molecule has 1 aromatic carbocycles. The Balaban J connectivity index is 2.12. The first-order valence-corrected chi connectivity index (χ1v) is 6.43. The summed E-state index contributed by atoms with van der Waals surface area (Å²) < 4.78 is 26.0. The van der Waals surface area contributed by atoms with Gasteiger partial charge in [0.15, 0.2) is 11.6 Å². The van der Waals surface area contributed by atoms with Crippen LogP contribution >= 0.6 is 0 Å². The van der Waals surface area contributed by atoms with Crippen LogP contribution in [-0.4, -0.2) is 32.2 Å². The molecular weight excluding hydrogens is 314 g/mol. The van der Waals surface area contributed by atoms with Crippen LogP contribution in [0.5, 0.6) is 0 Å². The van der Waals surface area contributed by atoms with E-state index in [1.165, 1.54) is 13.0 Å². The fraction of sp³-hybridized carbons (Fsp3) is 0.231. The lowest BCUT2D eigenvalue weighted by atomic mass is 10.0. The van der Waals surface area contributed by atoms with E-state index in [0.717, 1.165) is 18.3 Å². The van der Waals surface area contributed by atoms with Gasteiger partial charge >= 0.3 is 5.69 Å². The van der Waals surface area contributed by atoms with Gasteiger partial charge in [-0.15, -0.1) is 0 Å². The number of halogens is 2. The number of amides is 1. The fourth-order valence-electron chi connectivity index (χ4n) is 1.93. The molecule has 2 rings (SSSR count). The van der Waals surface area contributed by atoms with Gasteiger partial charge in [-0.3, -0.25) is 20.0 Å². The van der Waals surface area contributed by atoms with Crippen LogP contribution in [0.2, 0.25) is 0 Å². The Kier molecular flexibility index (Phi) is 4.65. The standard InChI is InChI=1S/C13H12F2N4O4/c1-6(12(20)7-2-3-8(14)9(15)4-7)17-13(21)11-10(19(22)23)5-16-18-11/h2-6,12,20H,1H3,(H,16,18)(H,17,21). The number of nitrogens with one attached hydrogen (secondary N) is 2. The highest BCUT2D eigenvalue weighted by Crippen LogP contribution is 2.20. The van der Waals surface area contributed by atoms with Gasteiger partial charge in [-0.2, -0.15) is 5.10 Å². The van der Waals surface area contributed by atoms with Crippen LogP contribution in [0.3, 0.4) is 0 Å². The van der Waals surface area contributed by atoms with Crippen LogP contribution in [0.25, 0.3) is 0 Å². The Morgan fingerprint density at radius 3 is 2.74 bits per heavy atom. The van der Waals surface area contributed by atoms with Gasteiger partial charge in [0.05, 0.1) is 17.1 Å². The predicted molar refractivity (Wildman–Crippen MR) is 73.5 cm³/mol. The first-order valence-electron chi connectivity index (χ1n) is 6.43. The van der Waals surface area contributed by atoms with Crippen molar-refractivity contribution in [1.82, 2.24) is 15.5 Å². The second-order valence-electron chi connectivity index (χ2n) is 4.77. The number of carbonyl (C=O) groups excluding carboxylic acids is 1. The number of aromatic nitrogens is 2. The number of nitrogens with zero attached hydrogens (tertiary/aromatic N) is 2. The molecule has 0 spiro atoms. The summed E-state index contributed by atoms with van der Waals surface area (Å²) in [4.78, 5) is 21.9. The van der Waals surface area contributed by atoms with Gasteiger partial charge in [-0.05, 0) is 24.6 Å². The number of nitro groups is 1. The van der Waals surface area contributed by atoms with Gasteiger partial charge < -0.3 is 10.4 Å².